The molecular formula is C20H16ClN5O4. The average molecular weight is 426 g/mol. The fourth-order valence-electron chi connectivity index (χ4n) is 3.10. The number of methoxy groups -OCH3 is 2. The number of carbonyl (C=O) groups excluding carboxylic acids is 1. The molecule has 4 rings (SSSR count). The molecule has 3 N–H and O–H groups in total. The number of carbonyl (C=O) groups is 1. The standard InChI is InChI=1S/C20H16ClN5O4/c1-29-13-8-3-10(9-14(13)30-2)18-23-15(17(22)27)16-19(25-18)26(20(28)24-16)12-6-4-11(21)5-7-12/h3-9H,1-2H3,(H2,22,27)(H,24,28). The Kier molecular flexibility index (Phi) is 4.88. The molecule has 4 aromatic rings. The minimum atomic E-state index is -0.798. The van der Waals surface area contributed by atoms with Gasteiger partial charge in [0.2, 0.25) is 0 Å². The lowest BCUT2D eigenvalue weighted by molar-refractivity contribution is 0.0997. The molecule has 0 saturated carbocycles. The van der Waals surface area contributed by atoms with E-state index in [4.69, 9.17) is 26.8 Å². The monoisotopic (exact) mass is 425 g/mol. The van der Waals surface area contributed by atoms with Gasteiger partial charge >= 0.3 is 5.69 Å². The molecule has 0 spiro atoms. The topological polar surface area (TPSA) is 125 Å². The van der Waals surface area contributed by atoms with Gasteiger partial charge in [0, 0.05) is 10.6 Å². The Morgan fingerprint density at radius 1 is 1.07 bits per heavy atom. The van der Waals surface area contributed by atoms with Gasteiger partial charge in [0.15, 0.2) is 28.7 Å². The number of benzene rings is 2. The first-order chi connectivity index (χ1) is 14.4. The summed E-state index contributed by atoms with van der Waals surface area (Å²) in [4.78, 5) is 36.1. The molecule has 0 radical (unpaired) electrons. The molecule has 0 bridgehead atoms. The van der Waals surface area contributed by atoms with Crippen LogP contribution in [0.15, 0.2) is 47.3 Å². The molecule has 9 nitrogen and oxygen atoms in total. The lowest BCUT2D eigenvalue weighted by Crippen LogP contribution is -2.15. The zero-order chi connectivity index (χ0) is 21.4. The fourth-order valence-corrected chi connectivity index (χ4v) is 3.22. The van der Waals surface area contributed by atoms with Gasteiger partial charge in [-0.2, -0.15) is 0 Å². The van der Waals surface area contributed by atoms with Crippen LogP contribution in [0.5, 0.6) is 11.5 Å². The van der Waals surface area contributed by atoms with Gasteiger partial charge in [-0.25, -0.2) is 19.3 Å². The maximum Gasteiger partial charge on any atom is 0.332 e. The third-order valence-electron chi connectivity index (χ3n) is 4.50. The van der Waals surface area contributed by atoms with Crippen molar-refractivity contribution in [3.63, 3.8) is 0 Å². The van der Waals surface area contributed by atoms with Gasteiger partial charge in [-0.05, 0) is 42.5 Å². The summed E-state index contributed by atoms with van der Waals surface area (Å²) < 4.78 is 11.9. The number of aromatic nitrogens is 4. The van der Waals surface area contributed by atoms with Crippen LogP contribution in [-0.4, -0.2) is 39.6 Å². The number of primary amides is 1. The van der Waals surface area contributed by atoms with Gasteiger partial charge in [-0.15, -0.1) is 0 Å². The Balaban J connectivity index is 2.01. The van der Waals surface area contributed by atoms with Crippen molar-refractivity contribution in [2.24, 2.45) is 5.73 Å². The van der Waals surface area contributed by atoms with E-state index in [0.717, 1.165) is 0 Å². The number of hydrogen-bond acceptors (Lipinski definition) is 6. The third kappa shape index (κ3) is 3.25. The summed E-state index contributed by atoms with van der Waals surface area (Å²) in [5, 5.41) is 0.519. The molecule has 0 aliphatic heterocycles. The highest BCUT2D eigenvalue weighted by Crippen LogP contribution is 2.32. The molecule has 10 heteroatoms. The number of nitrogens with two attached hydrogens (primary N) is 1. The zero-order valence-electron chi connectivity index (χ0n) is 16.0. The largest absolute Gasteiger partial charge is 0.493 e. The number of aromatic amines is 1. The summed E-state index contributed by atoms with van der Waals surface area (Å²) in [6, 6.07) is 11.7. The first-order valence-corrected chi connectivity index (χ1v) is 9.11. The average Bonchev–Trinajstić information content (AvgIpc) is 3.08. The van der Waals surface area contributed by atoms with Crippen LogP contribution >= 0.6 is 11.6 Å². The van der Waals surface area contributed by atoms with E-state index in [1.165, 1.54) is 18.8 Å². The van der Waals surface area contributed by atoms with Gasteiger partial charge in [0.25, 0.3) is 5.91 Å². The summed E-state index contributed by atoms with van der Waals surface area (Å²) in [6.07, 6.45) is 0. The maximum atomic E-state index is 12.6. The van der Waals surface area contributed by atoms with Crippen molar-refractivity contribution in [3.05, 3.63) is 63.7 Å². The third-order valence-corrected chi connectivity index (χ3v) is 4.75. The first kappa shape index (κ1) is 19.5. The number of ether oxygens (including phenoxy) is 2. The fraction of sp³-hybridized carbons (Fsp3) is 0.100. The number of amides is 1. The highest BCUT2D eigenvalue weighted by molar-refractivity contribution is 6.30. The van der Waals surface area contributed by atoms with E-state index in [0.29, 0.717) is 27.8 Å². The summed E-state index contributed by atoms with van der Waals surface area (Å²) in [6.45, 7) is 0. The van der Waals surface area contributed by atoms with E-state index >= 15 is 0 Å². The molecule has 0 fully saturated rings. The van der Waals surface area contributed by atoms with Crippen LogP contribution in [-0.2, 0) is 0 Å². The Labute approximate surface area is 175 Å². The van der Waals surface area contributed by atoms with Crippen LogP contribution in [0.2, 0.25) is 5.02 Å². The number of nitrogens with zero attached hydrogens (tertiary/aromatic N) is 3. The molecule has 152 valence electrons. The predicted molar refractivity (Wildman–Crippen MR) is 112 cm³/mol. The number of H-pyrrole nitrogens is 1. The van der Waals surface area contributed by atoms with Crippen LogP contribution < -0.4 is 20.9 Å². The normalized spacial score (nSPS) is 10.9. The number of hydrogen-bond donors (Lipinski definition) is 2. The van der Waals surface area contributed by atoms with Crippen LogP contribution in [0.1, 0.15) is 10.5 Å². The van der Waals surface area contributed by atoms with E-state index in [2.05, 4.69) is 15.0 Å². The molecular weight excluding hydrogens is 410 g/mol. The Hall–Kier alpha value is -3.85. The molecule has 0 aliphatic rings. The van der Waals surface area contributed by atoms with Crippen molar-refractivity contribution in [1.82, 2.24) is 19.5 Å². The molecule has 2 heterocycles. The van der Waals surface area contributed by atoms with E-state index in [1.807, 2.05) is 0 Å². The summed E-state index contributed by atoms with van der Waals surface area (Å²) in [7, 11) is 3.03. The highest BCUT2D eigenvalue weighted by Gasteiger charge is 2.20. The summed E-state index contributed by atoms with van der Waals surface area (Å²) >= 11 is 5.95. The van der Waals surface area contributed by atoms with Crippen LogP contribution in [0.3, 0.4) is 0 Å². The number of imidazole rings is 1. The molecule has 2 aromatic carbocycles. The minimum Gasteiger partial charge on any atom is -0.493 e. The number of nitrogens with one attached hydrogen (secondary N) is 1. The van der Waals surface area contributed by atoms with Gasteiger partial charge in [-0.1, -0.05) is 11.6 Å². The van der Waals surface area contributed by atoms with Crippen LogP contribution in [0.25, 0.3) is 28.2 Å². The van der Waals surface area contributed by atoms with Crippen molar-refractivity contribution in [1.29, 1.82) is 0 Å². The number of halogens is 1. The van der Waals surface area contributed by atoms with Gasteiger partial charge in [0.05, 0.1) is 19.9 Å². The second-order valence-electron chi connectivity index (χ2n) is 6.27. The molecule has 0 saturated heterocycles. The molecule has 1 amide bonds. The van der Waals surface area contributed by atoms with Crippen molar-refractivity contribution in [2.45, 2.75) is 0 Å². The minimum absolute atomic E-state index is 0.102. The van der Waals surface area contributed by atoms with Gasteiger partial charge in [-0.3, -0.25) is 4.79 Å². The Morgan fingerprint density at radius 2 is 1.77 bits per heavy atom. The van der Waals surface area contributed by atoms with Crippen LogP contribution in [0.4, 0.5) is 0 Å². The number of rotatable bonds is 5. The molecule has 0 aliphatic carbocycles. The zero-order valence-corrected chi connectivity index (χ0v) is 16.7. The first-order valence-electron chi connectivity index (χ1n) is 8.74. The molecule has 2 aromatic heterocycles. The van der Waals surface area contributed by atoms with E-state index < -0.39 is 11.6 Å². The van der Waals surface area contributed by atoms with Gasteiger partial charge in [0.1, 0.15) is 5.52 Å². The van der Waals surface area contributed by atoms with E-state index in [9.17, 15) is 9.59 Å². The quantitative estimate of drug-likeness (QED) is 0.506. The predicted octanol–water partition coefficient (Wildman–Crippen LogP) is 2.55. The van der Waals surface area contributed by atoms with Crippen molar-refractivity contribution >= 4 is 28.7 Å². The van der Waals surface area contributed by atoms with Gasteiger partial charge < -0.3 is 20.2 Å². The lowest BCUT2D eigenvalue weighted by Gasteiger charge is -2.10. The van der Waals surface area contributed by atoms with E-state index in [-0.39, 0.29) is 22.7 Å². The lowest BCUT2D eigenvalue weighted by atomic mass is 10.1. The van der Waals surface area contributed by atoms with Crippen molar-refractivity contribution < 1.29 is 14.3 Å². The second-order valence-corrected chi connectivity index (χ2v) is 6.71. The molecule has 0 unspecified atom stereocenters. The van der Waals surface area contributed by atoms with Crippen LogP contribution in [0, 0.1) is 0 Å². The van der Waals surface area contributed by atoms with Crippen molar-refractivity contribution in [3.8, 4) is 28.6 Å². The highest BCUT2D eigenvalue weighted by atomic mass is 35.5. The Morgan fingerprint density at radius 3 is 2.40 bits per heavy atom. The summed E-state index contributed by atoms with van der Waals surface area (Å²) in [5.74, 6) is 0.383. The smallest absolute Gasteiger partial charge is 0.332 e. The SMILES string of the molecule is COc1ccc(-c2nc(C(N)=O)c3[nH]c(=O)n(-c4ccc(Cl)cc4)c3n2)cc1OC. The van der Waals surface area contributed by atoms with Crippen molar-refractivity contribution in [2.75, 3.05) is 14.2 Å². The Bertz CT molecular complexity index is 1330. The van der Waals surface area contributed by atoms with E-state index in [1.54, 1.807) is 42.5 Å². The maximum absolute atomic E-state index is 12.6. The molecule has 30 heavy (non-hydrogen) atoms. The second kappa shape index (κ2) is 7.53. The summed E-state index contributed by atoms with van der Waals surface area (Å²) in [5.41, 5.74) is 6.35. The number of fused-ring (bicyclic) bond motifs is 1. The molecule has 0 atom stereocenters.